The number of hydrogen-bond donors (Lipinski definition) is 1. The molecule has 5 heteroatoms. The fourth-order valence-electron chi connectivity index (χ4n) is 0. The summed E-state index contributed by atoms with van der Waals surface area (Å²) < 4.78 is 0. The number of nitrogens with zero attached hydrogens (tertiary/aromatic N) is 1. The van der Waals surface area contributed by atoms with E-state index in [1.54, 1.807) is 0 Å². The average molecular weight is 202 g/mol. The van der Waals surface area contributed by atoms with E-state index in [0.717, 1.165) is 0 Å². The molecule has 0 aromatic heterocycles. The second-order valence-electron chi connectivity index (χ2n) is 0.238. The Morgan fingerprint density at radius 1 is 1.80 bits per heavy atom. The SMILES string of the molecule is O=[N+]([O-])O.[BaH2]. The van der Waals surface area contributed by atoms with Crippen LogP contribution < -0.4 is 0 Å². The fraction of sp³-hybridized carbons (Fsp3) is 0. The van der Waals surface area contributed by atoms with Crippen molar-refractivity contribution in [3.05, 3.63) is 10.1 Å². The van der Waals surface area contributed by atoms with Crippen LogP contribution in [-0.4, -0.2) is 59.2 Å². The first-order valence-electron chi connectivity index (χ1n) is 0.565. The van der Waals surface area contributed by atoms with Gasteiger partial charge in [-0.15, -0.1) is 10.1 Å². The van der Waals surface area contributed by atoms with Gasteiger partial charge in [-0.05, 0) is 0 Å². The minimum atomic E-state index is -1.50. The molecule has 5 heavy (non-hydrogen) atoms. The van der Waals surface area contributed by atoms with Crippen LogP contribution in [0.5, 0.6) is 0 Å². The van der Waals surface area contributed by atoms with Crippen molar-refractivity contribution in [1.82, 2.24) is 0 Å². The van der Waals surface area contributed by atoms with E-state index in [2.05, 4.69) is 0 Å². The van der Waals surface area contributed by atoms with Crippen LogP contribution in [0.2, 0.25) is 0 Å². The second-order valence-corrected chi connectivity index (χ2v) is 0.238. The van der Waals surface area contributed by atoms with Crippen LogP contribution in [0.15, 0.2) is 0 Å². The maximum atomic E-state index is 8.36. The fourth-order valence-corrected chi connectivity index (χ4v) is 0. The maximum absolute atomic E-state index is 8.36. The molecular weight excluding hydrogens is 199 g/mol. The first-order valence-corrected chi connectivity index (χ1v) is 0.565. The van der Waals surface area contributed by atoms with Crippen LogP contribution in [0.1, 0.15) is 0 Å². The molecule has 0 aromatic rings. The molecule has 0 aromatic carbocycles. The molecule has 28 valence electrons. The molecule has 1 N–H and O–H groups in total. The van der Waals surface area contributed by atoms with E-state index in [0.29, 0.717) is 0 Å². The monoisotopic (exact) mass is 203 g/mol. The van der Waals surface area contributed by atoms with Crippen molar-refractivity contribution in [2.24, 2.45) is 0 Å². The molecule has 0 aliphatic heterocycles. The van der Waals surface area contributed by atoms with Crippen LogP contribution in [0.4, 0.5) is 0 Å². The molecule has 0 rings (SSSR count). The minimum absolute atomic E-state index is 0. The van der Waals surface area contributed by atoms with Crippen LogP contribution in [0.3, 0.4) is 0 Å². The van der Waals surface area contributed by atoms with Crippen LogP contribution in [0, 0.1) is 10.1 Å². The van der Waals surface area contributed by atoms with Crippen molar-refractivity contribution >= 4 is 48.9 Å². The van der Waals surface area contributed by atoms with E-state index in [1.807, 2.05) is 0 Å². The van der Waals surface area contributed by atoms with Gasteiger partial charge >= 0.3 is 48.9 Å². The van der Waals surface area contributed by atoms with Crippen molar-refractivity contribution in [3.63, 3.8) is 0 Å². The van der Waals surface area contributed by atoms with Crippen molar-refractivity contribution < 1.29 is 10.3 Å². The molecule has 0 atom stereocenters. The summed E-state index contributed by atoms with van der Waals surface area (Å²) in [5.41, 5.74) is 0. The zero-order valence-electron chi connectivity index (χ0n) is 1.71. The van der Waals surface area contributed by atoms with E-state index in [9.17, 15) is 0 Å². The molecular formula is H3BaNO3. The summed E-state index contributed by atoms with van der Waals surface area (Å²) in [7, 11) is 0. The van der Waals surface area contributed by atoms with Gasteiger partial charge in [0.25, 0.3) is 5.09 Å². The van der Waals surface area contributed by atoms with Gasteiger partial charge in [0.2, 0.25) is 0 Å². The molecule has 0 saturated heterocycles. The summed E-state index contributed by atoms with van der Waals surface area (Å²) in [5.74, 6) is 0. The third-order valence-corrected chi connectivity index (χ3v) is 0. The van der Waals surface area contributed by atoms with Crippen molar-refractivity contribution in [2.45, 2.75) is 0 Å². The van der Waals surface area contributed by atoms with E-state index in [-0.39, 0.29) is 48.9 Å². The predicted molar refractivity (Wildman–Crippen MR) is 17.3 cm³/mol. The standard InChI is InChI=1S/Ba.HNO3.2H/c;2-1(3)4;;/h;(H,2,3,4);;. The molecule has 0 unspecified atom stereocenters. The zero-order chi connectivity index (χ0) is 3.58. The first kappa shape index (κ1) is 9.24. The van der Waals surface area contributed by atoms with Gasteiger partial charge in [0.05, 0.1) is 0 Å². The van der Waals surface area contributed by atoms with Crippen molar-refractivity contribution in [3.8, 4) is 0 Å². The molecule has 0 saturated carbocycles. The topological polar surface area (TPSA) is 63.4 Å². The van der Waals surface area contributed by atoms with Crippen molar-refractivity contribution in [1.29, 1.82) is 0 Å². The van der Waals surface area contributed by atoms with Crippen LogP contribution in [-0.2, 0) is 0 Å². The Kier molecular flexibility index (Phi) is 8.82. The Balaban J connectivity index is 0. The zero-order valence-corrected chi connectivity index (χ0v) is 1.71. The second kappa shape index (κ2) is 4.77. The van der Waals surface area contributed by atoms with Crippen LogP contribution >= 0.6 is 0 Å². The molecule has 0 amide bonds. The van der Waals surface area contributed by atoms with Gasteiger partial charge in [-0.2, -0.15) is 0 Å². The van der Waals surface area contributed by atoms with E-state index in [4.69, 9.17) is 15.3 Å². The first-order chi connectivity index (χ1) is 1.73. The third kappa shape index (κ3) is 61.6. The summed E-state index contributed by atoms with van der Waals surface area (Å²) in [6.07, 6.45) is 0. The summed E-state index contributed by atoms with van der Waals surface area (Å²) in [6.45, 7) is 0. The summed E-state index contributed by atoms with van der Waals surface area (Å²) in [6, 6.07) is 0. The number of rotatable bonds is 0. The predicted octanol–water partition coefficient (Wildman–Crippen LogP) is -1.26. The third-order valence-electron chi connectivity index (χ3n) is 0. The van der Waals surface area contributed by atoms with E-state index < -0.39 is 5.09 Å². The van der Waals surface area contributed by atoms with Gasteiger partial charge in [0.15, 0.2) is 0 Å². The molecule has 0 heterocycles. The van der Waals surface area contributed by atoms with E-state index >= 15 is 0 Å². The average Bonchev–Trinajstić information content (AvgIpc) is 0.811. The molecule has 0 fully saturated rings. The van der Waals surface area contributed by atoms with Gasteiger partial charge in [-0.1, -0.05) is 0 Å². The van der Waals surface area contributed by atoms with Crippen LogP contribution in [0.25, 0.3) is 0 Å². The van der Waals surface area contributed by atoms with Gasteiger partial charge in [0, 0.05) is 0 Å². The number of hydrogen-bond acceptors (Lipinski definition) is 2. The summed E-state index contributed by atoms with van der Waals surface area (Å²) in [5, 5.41) is 13.6. The Morgan fingerprint density at radius 2 is 1.80 bits per heavy atom. The van der Waals surface area contributed by atoms with Gasteiger partial charge in [0.1, 0.15) is 0 Å². The molecule has 0 spiro atoms. The van der Waals surface area contributed by atoms with Gasteiger partial charge in [-0.25, -0.2) is 0 Å². The van der Waals surface area contributed by atoms with E-state index in [1.165, 1.54) is 0 Å². The Bertz CT molecular complexity index is 29.9. The Morgan fingerprint density at radius 3 is 1.80 bits per heavy atom. The van der Waals surface area contributed by atoms with Gasteiger partial charge < -0.3 is 5.21 Å². The quantitative estimate of drug-likeness (QED) is 0.303. The Labute approximate surface area is 68.4 Å². The summed E-state index contributed by atoms with van der Waals surface area (Å²) in [4.78, 5) is 8.36. The normalized spacial score (nSPS) is 4.80. The molecule has 0 aliphatic rings. The summed E-state index contributed by atoms with van der Waals surface area (Å²) >= 11 is 0. The molecule has 0 bridgehead atoms. The molecule has 0 radical (unpaired) electrons. The Hall–Kier alpha value is 0.771. The molecule has 4 nitrogen and oxygen atoms in total. The van der Waals surface area contributed by atoms with Crippen molar-refractivity contribution in [2.75, 3.05) is 0 Å². The molecule has 0 aliphatic carbocycles. The van der Waals surface area contributed by atoms with Gasteiger partial charge in [-0.3, -0.25) is 0 Å².